The maximum Gasteiger partial charge on any atom is 0.342 e. The van der Waals surface area contributed by atoms with Gasteiger partial charge in [-0.3, -0.25) is 14.6 Å². The summed E-state index contributed by atoms with van der Waals surface area (Å²) in [5.74, 6) is -1.12. The normalized spacial score (nSPS) is 28.0. The highest BCUT2D eigenvalue weighted by atomic mass is 16.4. The van der Waals surface area contributed by atoms with E-state index in [1.807, 2.05) is 20.8 Å². The zero-order chi connectivity index (χ0) is 15.8. The number of aliphatic carboxylic acids is 1. The second-order valence-electron chi connectivity index (χ2n) is 6.18. The summed E-state index contributed by atoms with van der Waals surface area (Å²) < 4.78 is 0. The van der Waals surface area contributed by atoms with Gasteiger partial charge in [-0.1, -0.05) is 20.8 Å². The Labute approximate surface area is 121 Å². The third kappa shape index (κ3) is 2.84. The van der Waals surface area contributed by atoms with Gasteiger partial charge in [0.1, 0.15) is 0 Å². The maximum atomic E-state index is 11.7. The number of hydrogen-bond donors (Lipinski definition) is 4. The van der Waals surface area contributed by atoms with Gasteiger partial charge < -0.3 is 10.4 Å². The number of nitrogens with zero attached hydrogens (tertiary/aromatic N) is 1. The zero-order valence-electron chi connectivity index (χ0n) is 12.3. The number of H-pyrrole nitrogens is 2. The van der Waals surface area contributed by atoms with Crippen LogP contribution in [-0.2, 0) is 4.79 Å². The Morgan fingerprint density at radius 3 is 2.62 bits per heavy atom. The minimum absolute atomic E-state index is 0.0282. The zero-order valence-corrected chi connectivity index (χ0v) is 12.3. The van der Waals surface area contributed by atoms with Gasteiger partial charge in [-0.2, -0.15) is 0 Å². The summed E-state index contributed by atoms with van der Waals surface area (Å²) in [4.78, 5) is 36.1. The van der Waals surface area contributed by atoms with Crippen LogP contribution in [0.4, 0.5) is 5.82 Å². The largest absolute Gasteiger partial charge is 0.481 e. The molecule has 0 aromatic carbocycles. The highest BCUT2D eigenvalue weighted by molar-refractivity contribution is 5.71. The highest BCUT2D eigenvalue weighted by Crippen LogP contribution is 2.45. The van der Waals surface area contributed by atoms with E-state index in [4.69, 9.17) is 0 Å². The molecule has 3 atom stereocenters. The van der Waals surface area contributed by atoms with E-state index < -0.39 is 28.6 Å². The molecule has 8 heteroatoms. The van der Waals surface area contributed by atoms with Gasteiger partial charge in [-0.05, 0) is 24.2 Å². The second kappa shape index (κ2) is 5.34. The smallest absolute Gasteiger partial charge is 0.342 e. The SMILES string of the molecule is CC1C(Nc2n[nH]c(=O)[nH]c2=O)CCC(C(=O)O)C1(C)C. The van der Waals surface area contributed by atoms with Crippen molar-refractivity contribution in [3.63, 3.8) is 0 Å². The number of rotatable bonds is 3. The van der Waals surface area contributed by atoms with Crippen molar-refractivity contribution in [3.05, 3.63) is 20.8 Å². The molecule has 21 heavy (non-hydrogen) atoms. The van der Waals surface area contributed by atoms with E-state index in [2.05, 4.69) is 20.5 Å². The van der Waals surface area contributed by atoms with Crippen LogP contribution in [0.3, 0.4) is 0 Å². The molecular weight excluding hydrogens is 276 g/mol. The third-order valence-corrected chi connectivity index (χ3v) is 4.77. The Hall–Kier alpha value is -2.12. The summed E-state index contributed by atoms with van der Waals surface area (Å²) >= 11 is 0. The molecule has 0 bridgehead atoms. The lowest BCUT2D eigenvalue weighted by atomic mass is 9.61. The molecule has 3 unspecified atom stereocenters. The summed E-state index contributed by atoms with van der Waals surface area (Å²) in [6.45, 7) is 5.82. The lowest BCUT2D eigenvalue weighted by molar-refractivity contribution is -0.149. The van der Waals surface area contributed by atoms with E-state index in [9.17, 15) is 19.5 Å². The minimum atomic E-state index is -0.787. The van der Waals surface area contributed by atoms with Crippen LogP contribution in [0.15, 0.2) is 9.59 Å². The molecule has 1 aliphatic rings. The van der Waals surface area contributed by atoms with Gasteiger partial charge in [0.15, 0.2) is 0 Å². The van der Waals surface area contributed by atoms with Crippen molar-refractivity contribution in [2.75, 3.05) is 5.32 Å². The average molecular weight is 296 g/mol. The van der Waals surface area contributed by atoms with Gasteiger partial charge in [0.05, 0.1) is 5.92 Å². The van der Waals surface area contributed by atoms with E-state index >= 15 is 0 Å². The first-order chi connectivity index (χ1) is 9.73. The predicted molar refractivity (Wildman–Crippen MR) is 76.2 cm³/mol. The molecule has 116 valence electrons. The van der Waals surface area contributed by atoms with Crippen LogP contribution in [-0.4, -0.2) is 32.3 Å². The third-order valence-electron chi connectivity index (χ3n) is 4.77. The van der Waals surface area contributed by atoms with Crippen LogP contribution in [0.5, 0.6) is 0 Å². The molecular formula is C13H20N4O4. The molecule has 0 radical (unpaired) electrons. The Balaban J connectivity index is 2.21. The van der Waals surface area contributed by atoms with Crippen molar-refractivity contribution in [2.45, 2.75) is 39.7 Å². The van der Waals surface area contributed by atoms with Crippen molar-refractivity contribution in [1.82, 2.24) is 15.2 Å². The Kier molecular flexibility index (Phi) is 3.89. The first kappa shape index (κ1) is 15.3. The topological polar surface area (TPSA) is 128 Å². The van der Waals surface area contributed by atoms with Crippen LogP contribution in [0.2, 0.25) is 0 Å². The van der Waals surface area contributed by atoms with Crippen molar-refractivity contribution in [1.29, 1.82) is 0 Å². The van der Waals surface area contributed by atoms with Crippen molar-refractivity contribution < 1.29 is 9.90 Å². The Morgan fingerprint density at radius 1 is 1.38 bits per heavy atom. The van der Waals surface area contributed by atoms with E-state index in [1.165, 1.54) is 0 Å². The fourth-order valence-electron chi connectivity index (χ4n) is 3.06. The number of hydrogen-bond acceptors (Lipinski definition) is 5. The first-order valence-corrected chi connectivity index (χ1v) is 6.92. The van der Waals surface area contributed by atoms with E-state index in [0.717, 1.165) is 0 Å². The van der Waals surface area contributed by atoms with Gasteiger partial charge >= 0.3 is 11.7 Å². The van der Waals surface area contributed by atoms with E-state index in [1.54, 1.807) is 0 Å². The van der Waals surface area contributed by atoms with Gasteiger partial charge in [0.25, 0.3) is 5.56 Å². The maximum absolute atomic E-state index is 11.7. The van der Waals surface area contributed by atoms with Crippen LogP contribution >= 0.6 is 0 Å². The standard InChI is InChI=1S/C13H20N4O4/c1-6-8(5-4-7(11(19)20)13(6,2)3)14-9-10(18)15-12(21)17-16-9/h6-8H,4-5H2,1-3H3,(H,14,16)(H,19,20)(H2,15,17,18,21). The number of nitrogens with one attached hydrogen (secondary N) is 3. The van der Waals surface area contributed by atoms with Crippen LogP contribution < -0.4 is 16.6 Å². The number of aromatic amines is 2. The molecule has 1 heterocycles. The fourth-order valence-corrected chi connectivity index (χ4v) is 3.06. The van der Waals surface area contributed by atoms with Gasteiger partial charge in [-0.25, -0.2) is 9.89 Å². The predicted octanol–water partition coefficient (Wildman–Crippen LogP) is 0.396. The molecule has 0 aliphatic heterocycles. The molecule has 8 nitrogen and oxygen atoms in total. The summed E-state index contributed by atoms with van der Waals surface area (Å²) in [6, 6.07) is -0.0740. The molecule has 1 fully saturated rings. The molecule has 2 rings (SSSR count). The number of carbonyl (C=O) groups is 1. The van der Waals surface area contributed by atoms with Gasteiger partial charge in [0.2, 0.25) is 5.82 Å². The highest BCUT2D eigenvalue weighted by Gasteiger charge is 2.46. The molecule has 0 amide bonds. The number of carboxylic acid groups (broad SMARTS) is 1. The molecule has 1 aromatic rings. The van der Waals surface area contributed by atoms with E-state index in [-0.39, 0.29) is 17.8 Å². The Bertz CT molecular complexity index is 648. The molecule has 1 saturated carbocycles. The molecule has 1 aliphatic carbocycles. The summed E-state index contributed by atoms with van der Waals surface area (Å²) in [5, 5.41) is 18.2. The van der Waals surface area contributed by atoms with Crippen LogP contribution in [0.25, 0.3) is 0 Å². The molecule has 0 saturated heterocycles. The minimum Gasteiger partial charge on any atom is -0.481 e. The molecule has 0 spiro atoms. The van der Waals surface area contributed by atoms with Crippen molar-refractivity contribution >= 4 is 11.8 Å². The second-order valence-corrected chi connectivity index (χ2v) is 6.18. The lowest BCUT2D eigenvalue weighted by Crippen LogP contribution is -2.49. The quantitative estimate of drug-likeness (QED) is 0.639. The van der Waals surface area contributed by atoms with Crippen molar-refractivity contribution in [3.8, 4) is 0 Å². The van der Waals surface area contributed by atoms with E-state index in [0.29, 0.717) is 12.8 Å². The van der Waals surface area contributed by atoms with Gasteiger partial charge in [0, 0.05) is 6.04 Å². The average Bonchev–Trinajstić information content (AvgIpc) is 2.37. The van der Waals surface area contributed by atoms with Crippen LogP contribution in [0, 0.1) is 17.3 Å². The van der Waals surface area contributed by atoms with Gasteiger partial charge in [-0.15, -0.1) is 5.10 Å². The number of anilines is 1. The van der Waals surface area contributed by atoms with Crippen LogP contribution in [0.1, 0.15) is 33.6 Å². The monoisotopic (exact) mass is 296 g/mol. The summed E-state index contributed by atoms with van der Waals surface area (Å²) in [5.41, 5.74) is -1.64. The summed E-state index contributed by atoms with van der Waals surface area (Å²) in [6.07, 6.45) is 1.16. The molecule has 1 aromatic heterocycles. The first-order valence-electron chi connectivity index (χ1n) is 6.92. The Morgan fingerprint density at radius 2 is 2.05 bits per heavy atom. The van der Waals surface area contributed by atoms with Crippen molar-refractivity contribution in [2.24, 2.45) is 17.3 Å². The molecule has 4 N–H and O–H groups in total. The lowest BCUT2D eigenvalue weighted by Gasteiger charge is -2.46. The fraction of sp³-hybridized carbons (Fsp3) is 0.692. The number of carboxylic acids is 1. The summed E-state index contributed by atoms with van der Waals surface area (Å²) in [7, 11) is 0. The number of aromatic nitrogens is 3.